The molecule has 1 aliphatic rings. The Morgan fingerprint density at radius 2 is 2.06 bits per heavy atom. The summed E-state index contributed by atoms with van der Waals surface area (Å²) in [6, 6.07) is 1.80. The third-order valence-corrected chi connectivity index (χ3v) is 2.54. The minimum Gasteiger partial charge on any atom is -0.454 e. The first-order valence-electron chi connectivity index (χ1n) is 5.11. The van der Waals surface area contributed by atoms with Gasteiger partial charge in [-0.05, 0) is 6.07 Å². The molecule has 2 rings (SSSR count). The van der Waals surface area contributed by atoms with Crippen molar-refractivity contribution in [2.45, 2.75) is 12.5 Å². The summed E-state index contributed by atoms with van der Waals surface area (Å²) in [6.07, 6.45) is -0.180. The van der Waals surface area contributed by atoms with Gasteiger partial charge in [0.15, 0.2) is 11.5 Å². The van der Waals surface area contributed by atoms with E-state index in [1.54, 1.807) is 0 Å². The van der Waals surface area contributed by atoms with E-state index in [-0.39, 0.29) is 30.2 Å². The summed E-state index contributed by atoms with van der Waals surface area (Å²) < 4.78 is 10.2. The molecule has 0 saturated heterocycles. The maximum Gasteiger partial charge on any atom is 0.278 e. The number of benzene rings is 1. The van der Waals surface area contributed by atoms with Gasteiger partial charge in [0.05, 0.1) is 16.6 Å². The number of nitrogens with zero attached hydrogens (tertiary/aromatic N) is 1. The number of amides is 1. The van der Waals surface area contributed by atoms with E-state index in [4.69, 9.17) is 20.9 Å². The Bertz CT molecular complexity index is 516. The SMILES string of the molecule is NC(=O)CC(N)c1cc2c(cc1[N+](=O)[O-])OCO2. The van der Waals surface area contributed by atoms with Crippen molar-refractivity contribution in [1.82, 2.24) is 0 Å². The molecule has 1 heterocycles. The third kappa shape index (κ3) is 2.18. The van der Waals surface area contributed by atoms with Gasteiger partial charge in [0.2, 0.25) is 12.7 Å². The highest BCUT2D eigenvalue weighted by atomic mass is 16.7. The smallest absolute Gasteiger partial charge is 0.278 e. The number of nitrogens with two attached hydrogens (primary N) is 2. The standard InChI is InChI=1S/C10H11N3O5/c11-6(2-10(12)14)5-1-8-9(18-4-17-8)3-7(5)13(15)16/h1,3,6H,2,4,11H2,(H2,12,14). The summed E-state index contributed by atoms with van der Waals surface area (Å²) in [6.45, 7) is 0.000991. The van der Waals surface area contributed by atoms with Crippen molar-refractivity contribution in [1.29, 1.82) is 0 Å². The van der Waals surface area contributed by atoms with Crippen LogP contribution in [-0.4, -0.2) is 17.6 Å². The Balaban J connectivity index is 2.44. The molecular weight excluding hydrogens is 242 g/mol. The van der Waals surface area contributed by atoms with E-state index >= 15 is 0 Å². The van der Waals surface area contributed by atoms with E-state index in [1.807, 2.05) is 0 Å². The van der Waals surface area contributed by atoms with Gasteiger partial charge in [-0.2, -0.15) is 0 Å². The van der Waals surface area contributed by atoms with Crippen LogP contribution < -0.4 is 20.9 Å². The number of fused-ring (bicyclic) bond motifs is 1. The number of nitro groups is 1. The Kier molecular flexibility index (Phi) is 3.02. The number of ether oxygens (including phenoxy) is 2. The molecule has 0 saturated carbocycles. The summed E-state index contributed by atoms with van der Waals surface area (Å²) >= 11 is 0. The zero-order valence-corrected chi connectivity index (χ0v) is 9.29. The van der Waals surface area contributed by atoms with E-state index in [2.05, 4.69) is 0 Å². The molecule has 8 heteroatoms. The highest BCUT2D eigenvalue weighted by Crippen LogP contribution is 2.40. The van der Waals surface area contributed by atoms with Gasteiger partial charge < -0.3 is 20.9 Å². The predicted molar refractivity (Wildman–Crippen MR) is 60.0 cm³/mol. The second-order valence-corrected chi connectivity index (χ2v) is 3.80. The molecule has 1 aromatic carbocycles. The minimum absolute atomic E-state index is 0.000991. The third-order valence-electron chi connectivity index (χ3n) is 2.54. The molecule has 1 aliphatic heterocycles. The van der Waals surface area contributed by atoms with Crippen LogP contribution in [0.25, 0.3) is 0 Å². The highest BCUT2D eigenvalue weighted by Gasteiger charge is 2.27. The number of rotatable bonds is 4. The molecule has 0 fully saturated rings. The average Bonchev–Trinajstić information content (AvgIpc) is 2.72. The van der Waals surface area contributed by atoms with E-state index in [0.717, 1.165) is 0 Å². The Morgan fingerprint density at radius 1 is 1.44 bits per heavy atom. The fourth-order valence-electron chi connectivity index (χ4n) is 1.73. The first kappa shape index (κ1) is 12.1. The van der Waals surface area contributed by atoms with Crippen molar-refractivity contribution in [2.75, 3.05) is 6.79 Å². The lowest BCUT2D eigenvalue weighted by molar-refractivity contribution is -0.385. The molecule has 1 atom stereocenters. The van der Waals surface area contributed by atoms with Crippen LogP contribution >= 0.6 is 0 Å². The monoisotopic (exact) mass is 253 g/mol. The molecule has 18 heavy (non-hydrogen) atoms. The van der Waals surface area contributed by atoms with Crippen LogP contribution in [0, 0.1) is 10.1 Å². The molecule has 0 bridgehead atoms. The van der Waals surface area contributed by atoms with Gasteiger partial charge in [0.25, 0.3) is 5.69 Å². The van der Waals surface area contributed by atoms with Crippen LogP contribution in [0.3, 0.4) is 0 Å². The van der Waals surface area contributed by atoms with Crippen molar-refractivity contribution in [3.05, 3.63) is 27.8 Å². The van der Waals surface area contributed by atoms with Crippen LogP contribution in [0.2, 0.25) is 0 Å². The molecule has 0 aromatic heterocycles. The zero-order chi connectivity index (χ0) is 13.3. The lowest BCUT2D eigenvalue weighted by atomic mass is 10.0. The van der Waals surface area contributed by atoms with Gasteiger partial charge in [0, 0.05) is 12.5 Å². The van der Waals surface area contributed by atoms with Gasteiger partial charge in [-0.15, -0.1) is 0 Å². The van der Waals surface area contributed by atoms with Gasteiger partial charge in [-0.3, -0.25) is 14.9 Å². The number of carbonyl (C=O) groups excluding carboxylic acids is 1. The molecule has 1 aromatic rings. The topological polar surface area (TPSA) is 131 Å². The molecule has 0 spiro atoms. The molecule has 0 radical (unpaired) electrons. The fraction of sp³-hybridized carbons (Fsp3) is 0.300. The van der Waals surface area contributed by atoms with E-state index in [9.17, 15) is 14.9 Å². The first-order chi connectivity index (χ1) is 8.49. The second kappa shape index (κ2) is 4.49. The van der Waals surface area contributed by atoms with E-state index in [1.165, 1.54) is 12.1 Å². The highest BCUT2D eigenvalue weighted by molar-refractivity contribution is 5.75. The maximum atomic E-state index is 10.9. The largest absolute Gasteiger partial charge is 0.454 e. The number of hydrogen-bond donors (Lipinski definition) is 2. The van der Waals surface area contributed by atoms with E-state index < -0.39 is 16.9 Å². The van der Waals surface area contributed by atoms with Gasteiger partial charge in [-0.25, -0.2) is 0 Å². The molecule has 1 unspecified atom stereocenters. The van der Waals surface area contributed by atoms with Gasteiger partial charge in [0.1, 0.15) is 0 Å². The number of carbonyl (C=O) groups is 1. The molecule has 8 nitrogen and oxygen atoms in total. The molecular formula is C10H11N3O5. The Hall–Kier alpha value is -2.35. The number of primary amides is 1. The van der Waals surface area contributed by atoms with Crippen molar-refractivity contribution >= 4 is 11.6 Å². The van der Waals surface area contributed by atoms with Gasteiger partial charge in [-0.1, -0.05) is 0 Å². The van der Waals surface area contributed by atoms with Crippen LogP contribution in [0.5, 0.6) is 11.5 Å². The quantitative estimate of drug-likeness (QED) is 0.582. The van der Waals surface area contributed by atoms with Crippen molar-refractivity contribution in [3.8, 4) is 11.5 Å². The van der Waals surface area contributed by atoms with Crippen LogP contribution in [0.1, 0.15) is 18.0 Å². The second-order valence-electron chi connectivity index (χ2n) is 3.80. The summed E-state index contributed by atoms with van der Waals surface area (Å²) in [4.78, 5) is 21.2. The van der Waals surface area contributed by atoms with Gasteiger partial charge >= 0.3 is 0 Å². The lowest BCUT2D eigenvalue weighted by Crippen LogP contribution is -2.21. The van der Waals surface area contributed by atoms with Crippen molar-refractivity contribution < 1.29 is 19.2 Å². The number of hydrogen-bond acceptors (Lipinski definition) is 6. The molecule has 1 amide bonds. The van der Waals surface area contributed by atoms with Crippen molar-refractivity contribution in [2.24, 2.45) is 11.5 Å². The maximum absolute atomic E-state index is 10.9. The molecule has 96 valence electrons. The normalized spacial score (nSPS) is 14.3. The molecule has 4 N–H and O–H groups in total. The summed E-state index contributed by atoms with van der Waals surface area (Å²) in [5.74, 6) is 0.0294. The average molecular weight is 253 g/mol. The lowest BCUT2D eigenvalue weighted by Gasteiger charge is -2.11. The van der Waals surface area contributed by atoms with Crippen LogP contribution in [-0.2, 0) is 4.79 Å². The van der Waals surface area contributed by atoms with E-state index in [0.29, 0.717) is 5.75 Å². The Morgan fingerprint density at radius 3 is 2.61 bits per heavy atom. The first-order valence-corrected chi connectivity index (χ1v) is 5.11. The fourth-order valence-corrected chi connectivity index (χ4v) is 1.73. The number of nitro benzene ring substituents is 1. The predicted octanol–water partition coefficient (Wildman–Crippen LogP) is 0.199. The summed E-state index contributed by atoms with van der Waals surface area (Å²) in [7, 11) is 0. The van der Waals surface area contributed by atoms with Crippen LogP contribution in [0.15, 0.2) is 12.1 Å². The Labute approximate surface area is 102 Å². The van der Waals surface area contributed by atoms with Crippen molar-refractivity contribution in [3.63, 3.8) is 0 Å². The minimum atomic E-state index is -0.850. The summed E-state index contributed by atoms with van der Waals surface area (Å²) in [5.41, 5.74) is 10.7. The molecule has 0 aliphatic carbocycles. The summed E-state index contributed by atoms with van der Waals surface area (Å²) in [5, 5.41) is 10.9. The van der Waals surface area contributed by atoms with Crippen LogP contribution in [0.4, 0.5) is 5.69 Å². The zero-order valence-electron chi connectivity index (χ0n) is 9.29.